The summed E-state index contributed by atoms with van der Waals surface area (Å²) >= 11 is 6.11. The maximum absolute atomic E-state index is 6.11. The summed E-state index contributed by atoms with van der Waals surface area (Å²) in [5, 5.41) is 0.793. The van der Waals surface area contributed by atoms with Crippen molar-refractivity contribution in [2.75, 3.05) is 24.5 Å². The number of nitrogens with zero attached hydrogens (tertiary/aromatic N) is 2. The molecule has 0 radical (unpaired) electrons. The molecule has 1 fully saturated rings. The highest BCUT2D eigenvalue weighted by molar-refractivity contribution is 6.30. The fourth-order valence-electron chi connectivity index (χ4n) is 4.41. The maximum atomic E-state index is 6.11. The average molecular weight is 433 g/mol. The number of hydrogen-bond acceptors (Lipinski definition) is 2. The lowest BCUT2D eigenvalue weighted by atomic mass is 9.86. The van der Waals surface area contributed by atoms with Crippen molar-refractivity contribution in [1.29, 1.82) is 0 Å². The van der Waals surface area contributed by atoms with Gasteiger partial charge in [0.15, 0.2) is 0 Å². The number of hydrogen-bond donors (Lipinski definition) is 0. The number of benzene rings is 3. The van der Waals surface area contributed by atoms with Gasteiger partial charge >= 0.3 is 0 Å². The van der Waals surface area contributed by atoms with Crippen molar-refractivity contribution in [3.05, 3.63) is 101 Å². The number of piperazine rings is 1. The predicted molar refractivity (Wildman–Crippen MR) is 133 cm³/mol. The minimum Gasteiger partial charge on any atom is -0.369 e. The van der Waals surface area contributed by atoms with E-state index in [2.05, 4.69) is 97.3 Å². The lowest BCUT2D eigenvalue weighted by molar-refractivity contribution is 0.167. The molecule has 0 amide bonds. The molecule has 0 aromatic heterocycles. The van der Waals surface area contributed by atoms with Gasteiger partial charge in [-0.25, -0.2) is 0 Å². The Hall–Kier alpha value is -2.29. The molecule has 1 saturated heterocycles. The fourth-order valence-corrected chi connectivity index (χ4v) is 4.54. The SMILES string of the molecule is CC(C)(C)c1ccc(CN2CCN(c3ccc(Cl)cc3)CC2Cc2ccccc2)cc1. The minimum absolute atomic E-state index is 0.193. The van der Waals surface area contributed by atoms with Crippen molar-refractivity contribution in [3.63, 3.8) is 0 Å². The normalized spacial score (nSPS) is 17.7. The van der Waals surface area contributed by atoms with E-state index in [0.29, 0.717) is 6.04 Å². The zero-order valence-electron chi connectivity index (χ0n) is 18.9. The lowest BCUT2D eigenvalue weighted by Gasteiger charge is -2.43. The second-order valence-corrected chi connectivity index (χ2v) is 10.1. The highest BCUT2D eigenvalue weighted by Gasteiger charge is 2.27. The van der Waals surface area contributed by atoms with Crippen LogP contribution in [0, 0.1) is 0 Å². The minimum atomic E-state index is 0.193. The standard InChI is InChI=1S/C28H33ClN2/c1-28(2,3)24-11-9-23(10-12-24)20-30-17-18-31(26-15-13-25(29)14-16-26)21-27(30)19-22-7-5-4-6-8-22/h4-16,27H,17-21H2,1-3H3. The van der Waals surface area contributed by atoms with E-state index in [9.17, 15) is 0 Å². The van der Waals surface area contributed by atoms with Gasteiger partial charge in [-0.1, -0.05) is 87.0 Å². The van der Waals surface area contributed by atoms with Crippen molar-refractivity contribution < 1.29 is 0 Å². The van der Waals surface area contributed by atoms with Crippen LogP contribution in [0.2, 0.25) is 5.02 Å². The van der Waals surface area contributed by atoms with Gasteiger partial charge in [-0.05, 0) is 52.8 Å². The van der Waals surface area contributed by atoms with Crippen LogP contribution >= 0.6 is 11.6 Å². The summed E-state index contributed by atoms with van der Waals surface area (Å²) in [5.41, 5.74) is 5.64. The Kier molecular flexibility index (Phi) is 6.69. The highest BCUT2D eigenvalue weighted by atomic mass is 35.5. The third-order valence-electron chi connectivity index (χ3n) is 6.32. The summed E-state index contributed by atoms with van der Waals surface area (Å²) in [5.74, 6) is 0. The van der Waals surface area contributed by atoms with E-state index in [0.717, 1.165) is 37.6 Å². The summed E-state index contributed by atoms with van der Waals surface area (Å²) in [7, 11) is 0. The maximum Gasteiger partial charge on any atom is 0.0407 e. The molecule has 162 valence electrons. The predicted octanol–water partition coefficient (Wildman–Crippen LogP) is 6.57. The third-order valence-corrected chi connectivity index (χ3v) is 6.57. The first-order valence-electron chi connectivity index (χ1n) is 11.3. The van der Waals surface area contributed by atoms with E-state index in [-0.39, 0.29) is 5.41 Å². The van der Waals surface area contributed by atoms with E-state index in [1.807, 2.05) is 12.1 Å². The van der Waals surface area contributed by atoms with E-state index in [1.54, 1.807) is 0 Å². The van der Waals surface area contributed by atoms with Crippen LogP contribution in [-0.4, -0.2) is 30.6 Å². The van der Waals surface area contributed by atoms with Gasteiger partial charge in [0.05, 0.1) is 0 Å². The van der Waals surface area contributed by atoms with Crippen molar-refractivity contribution in [3.8, 4) is 0 Å². The Morgan fingerprint density at radius 1 is 0.806 bits per heavy atom. The molecule has 1 heterocycles. The van der Waals surface area contributed by atoms with Gasteiger partial charge in [0.1, 0.15) is 0 Å². The quantitative estimate of drug-likeness (QED) is 0.449. The molecule has 0 N–H and O–H groups in total. The summed E-state index contributed by atoms with van der Waals surface area (Å²) in [6.07, 6.45) is 1.06. The molecule has 31 heavy (non-hydrogen) atoms. The van der Waals surface area contributed by atoms with Crippen molar-refractivity contribution >= 4 is 17.3 Å². The molecule has 3 aromatic rings. The molecular weight excluding hydrogens is 400 g/mol. The third kappa shape index (κ3) is 5.70. The first-order chi connectivity index (χ1) is 14.9. The Morgan fingerprint density at radius 2 is 1.48 bits per heavy atom. The topological polar surface area (TPSA) is 6.48 Å². The largest absolute Gasteiger partial charge is 0.369 e. The van der Waals surface area contributed by atoms with Crippen molar-refractivity contribution in [1.82, 2.24) is 4.90 Å². The molecule has 1 aliphatic heterocycles. The molecule has 0 saturated carbocycles. The summed E-state index contributed by atoms with van der Waals surface area (Å²) in [6, 6.07) is 28.8. The van der Waals surface area contributed by atoms with Crippen LogP contribution in [0.1, 0.15) is 37.5 Å². The van der Waals surface area contributed by atoms with E-state index < -0.39 is 0 Å². The number of halogens is 1. The molecule has 4 rings (SSSR count). The molecule has 1 unspecified atom stereocenters. The van der Waals surface area contributed by atoms with Gasteiger partial charge < -0.3 is 4.90 Å². The van der Waals surface area contributed by atoms with E-state index in [4.69, 9.17) is 11.6 Å². The van der Waals surface area contributed by atoms with E-state index in [1.165, 1.54) is 22.4 Å². The zero-order chi connectivity index (χ0) is 21.8. The number of anilines is 1. The van der Waals surface area contributed by atoms with Crippen LogP contribution in [0.5, 0.6) is 0 Å². The van der Waals surface area contributed by atoms with Crippen LogP contribution in [0.25, 0.3) is 0 Å². The molecule has 2 nitrogen and oxygen atoms in total. The number of rotatable bonds is 5. The Balaban J connectivity index is 1.51. The molecule has 3 heteroatoms. The zero-order valence-corrected chi connectivity index (χ0v) is 19.6. The molecule has 1 aliphatic rings. The van der Waals surface area contributed by atoms with Crippen molar-refractivity contribution in [2.24, 2.45) is 0 Å². The first kappa shape index (κ1) is 21.9. The van der Waals surface area contributed by atoms with Crippen LogP contribution in [0.4, 0.5) is 5.69 Å². The van der Waals surface area contributed by atoms with Gasteiger partial charge in [0, 0.05) is 42.9 Å². The Morgan fingerprint density at radius 3 is 2.13 bits per heavy atom. The molecule has 1 atom stereocenters. The fraction of sp³-hybridized carbons (Fsp3) is 0.357. The summed E-state index contributed by atoms with van der Waals surface area (Å²) in [4.78, 5) is 5.16. The van der Waals surface area contributed by atoms with Crippen LogP contribution in [0.3, 0.4) is 0 Å². The lowest BCUT2D eigenvalue weighted by Crippen LogP contribution is -2.53. The van der Waals surface area contributed by atoms with Gasteiger partial charge in [-0.15, -0.1) is 0 Å². The monoisotopic (exact) mass is 432 g/mol. The van der Waals surface area contributed by atoms with Gasteiger partial charge in [0.2, 0.25) is 0 Å². The molecule has 0 aliphatic carbocycles. The van der Waals surface area contributed by atoms with Crippen LogP contribution < -0.4 is 4.90 Å². The van der Waals surface area contributed by atoms with Gasteiger partial charge in [-0.3, -0.25) is 4.90 Å². The first-order valence-corrected chi connectivity index (χ1v) is 11.6. The second kappa shape index (κ2) is 9.46. The molecule has 0 spiro atoms. The molecule has 3 aromatic carbocycles. The van der Waals surface area contributed by atoms with Crippen molar-refractivity contribution in [2.45, 2.75) is 45.2 Å². The summed E-state index contributed by atoms with van der Waals surface area (Å²) in [6.45, 7) is 10.9. The van der Waals surface area contributed by atoms with Gasteiger partial charge in [-0.2, -0.15) is 0 Å². The highest BCUT2D eigenvalue weighted by Crippen LogP contribution is 2.26. The Bertz CT molecular complexity index is 959. The van der Waals surface area contributed by atoms with E-state index >= 15 is 0 Å². The second-order valence-electron chi connectivity index (χ2n) is 9.68. The smallest absolute Gasteiger partial charge is 0.0407 e. The van der Waals surface area contributed by atoms with Crippen LogP contribution in [-0.2, 0) is 18.4 Å². The van der Waals surface area contributed by atoms with Gasteiger partial charge in [0.25, 0.3) is 0 Å². The Labute approximate surface area is 192 Å². The van der Waals surface area contributed by atoms with Crippen LogP contribution in [0.15, 0.2) is 78.9 Å². The molecule has 0 bridgehead atoms. The average Bonchev–Trinajstić information content (AvgIpc) is 2.76. The molecular formula is C28H33ClN2. The summed E-state index contributed by atoms with van der Waals surface area (Å²) < 4.78 is 0.